The van der Waals surface area contributed by atoms with E-state index in [4.69, 9.17) is 0 Å². The lowest BCUT2D eigenvalue weighted by molar-refractivity contribution is 0.103. The Morgan fingerprint density at radius 3 is 2.31 bits per heavy atom. The monoisotopic (exact) mass is 214 g/mol. The highest BCUT2D eigenvalue weighted by atomic mass is 16.1. The van der Waals surface area contributed by atoms with Crippen molar-refractivity contribution < 1.29 is 4.79 Å². The van der Waals surface area contributed by atoms with Crippen LogP contribution in [-0.2, 0) is 7.05 Å². The van der Waals surface area contributed by atoms with Crippen LogP contribution in [0.25, 0.3) is 0 Å². The van der Waals surface area contributed by atoms with E-state index in [0.29, 0.717) is 11.1 Å². The predicted molar refractivity (Wildman–Crippen MR) is 62.6 cm³/mol. The minimum Gasteiger partial charge on any atom is -0.288 e. The minimum absolute atomic E-state index is 0.0330. The van der Waals surface area contributed by atoms with Gasteiger partial charge >= 0.3 is 0 Å². The van der Waals surface area contributed by atoms with E-state index in [1.807, 2.05) is 45.2 Å². The summed E-state index contributed by atoms with van der Waals surface area (Å²) in [5.41, 5.74) is 3.43. The van der Waals surface area contributed by atoms with Crippen LogP contribution in [0.3, 0.4) is 0 Å². The van der Waals surface area contributed by atoms with Crippen LogP contribution in [-0.4, -0.2) is 15.6 Å². The Labute approximate surface area is 94.7 Å². The molecule has 3 heteroatoms. The van der Waals surface area contributed by atoms with Crippen molar-refractivity contribution in [3.05, 3.63) is 52.8 Å². The lowest BCUT2D eigenvalue weighted by atomic mass is 10.0. The van der Waals surface area contributed by atoms with Crippen molar-refractivity contribution in [1.29, 1.82) is 0 Å². The number of ketones is 1. The Morgan fingerprint density at radius 2 is 1.81 bits per heavy atom. The molecule has 82 valence electrons. The Morgan fingerprint density at radius 1 is 1.19 bits per heavy atom. The third kappa shape index (κ3) is 1.76. The molecule has 0 aliphatic rings. The van der Waals surface area contributed by atoms with Gasteiger partial charge in [-0.2, -0.15) is 5.10 Å². The summed E-state index contributed by atoms with van der Waals surface area (Å²) in [4.78, 5) is 12.1. The fourth-order valence-corrected chi connectivity index (χ4v) is 1.58. The number of hydrogen-bond donors (Lipinski definition) is 0. The molecule has 3 nitrogen and oxygen atoms in total. The third-order valence-corrected chi connectivity index (χ3v) is 2.79. The van der Waals surface area contributed by atoms with E-state index in [1.54, 1.807) is 10.9 Å². The second-order valence-corrected chi connectivity index (χ2v) is 3.96. The molecule has 0 saturated heterocycles. The van der Waals surface area contributed by atoms with E-state index in [2.05, 4.69) is 5.10 Å². The molecule has 0 bridgehead atoms. The third-order valence-electron chi connectivity index (χ3n) is 2.79. The summed E-state index contributed by atoms with van der Waals surface area (Å²) in [5, 5.41) is 4.08. The topological polar surface area (TPSA) is 34.9 Å². The number of benzene rings is 1. The predicted octanol–water partition coefficient (Wildman–Crippen LogP) is 2.27. The first-order valence-electron chi connectivity index (χ1n) is 5.19. The standard InChI is InChI=1S/C13H14N2O/c1-9-4-6-11(7-5-9)13(16)12-8-14-15(3)10(12)2/h4-8H,1-3H3. The van der Waals surface area contributed by atoms with E-state index >= 15 is 0 Å². The zero-order chi connectivity index (χ0) is 11.7. The van der Waals surface area contributed by atoms with Crippen LogP contribution in [0.1, 0.15) is 27.2 Å². The molecule has 0 N–H and O–H groups in total. The van der Waals surface area contributed by atoms with Gasteiger partial charge in [-0.3, -0.25) is 9.48 Å². The average Bonchev–Trinajstić information content (AvgIpc) is 2.60. The second-order valence-electron chi connectivity index (χ2n) is 3.96. The van der Waals surface area contributed by atoms with Crippen molar-refractivity contribution >= 4 is 5.78 Å². The lowest BCUT2D eigenvalue weighted by Gasteiger charge is -2.01. The zero-order valence-electron chi connectivity index (χ0n) is 9.69. The number of rotatable bonds is 2. The number of hydrogen-bond acceptors (Lipinski definition) is 2. The van der Waals surface area contributed by atoms with Crippen LogP contribution in [0.4, 0.5) is 0 Å². The van der Waals surface area contributed by atoms with Gasteiger partial charge in [0.15, 0.2) is 5.78 Å². The molecule has 0 amide bonds. The van der Waals surface area contributed by atoms with Crippen LogP contribution in [0.15, 0.2) is 30.5 Å². The summed E-state index contributed by atoms with van der Waals surface area (Å²) in [5.74, 6) is 0.0330. The van der Waals surface area contributed by atoms with Crippen molar-refractivity contribution in [2.75, 3.05) is 0 Å². The van der Waals surface area contributed by atoms with Crippen molar-refractivity contribution in [2.45, 2.75) is 13.8 Å². The number of aryl methyl sites for hydroxylation is 2. The van der Waals surface area contributed by atoms with Gasteiger partial charge in [0.25, 0.3) is 0 Å². The molecule has 0 radical (unpaired) electrons. The van der Waals surface area contributed by atoms with Gasteiger partial charge in [0.05, 0.1) is 11.8 Å². The quantitative estimate of drug-likeness (QED) is 0.719. The maximum absolute atomic E-state index is 12.1. The van der Waals surface area contributed by atoms with Crippen molar-refractivity contribution in [3.8, 4) is 0 Å². The first kappa shape index (κ1) is 10.6. The van der Waals surface area contributed by atoms with Crippen LogP contribution < -0.4 is 0 Å². The SMILES string of the molecule is Cc1ccc(C(=O)c2cnn(C)c2C)cc1. The van der Waals surface area contributed by atoms with Crippen LogP contribution in [0.5, 0.6) is 0 Å². The molecule has 0 atom stereocenters. The summed E-state index contributed by atoms with van der Waals surface area (Å²) in [6.45, 7) is 3.90. The number of nitrogens with zero attached hydrogens (tertiary/aromatic N) is 2. The molecule has 16 heavy (non-hydrogen) atoms. The largest absolute Gasteiger partial charge is 0.288 e. The maximum Gasteiger partial charge on any atom is 0.196 e. The number of carbonyl (C=O) groups is 1. The Balaban J connectivity index is 2.39. The van der Waals surface area contributed by atoms with Gasteiger partial charge in [-0.25, -0.2) is 0 Å². The molecule has 2 rings (SSSR count). The molecule has 0 spiro atoms. The molecular weight excluding hydrogens is 200 g/mol. The van der Waals surface area contributed by atoms with Crippen molar-refractivity contribution in [2.24, 2.45) is 7.05 Å². The maximum atomic E-state index is 12.1. The van der Waals surface area contributed by atoms with Gasteiger partial charge in [0, 0.05) is 18.3 Å². The Kier molecular flexibility index (Phi) is 2.60. The Bertz CT molecular complexity index is 523. The average molecular weight is 214 g/mol. The fraction of sp³-hybridized carbons (Fsp3) is 0.231. The molecule has 1 heterocycles. The molecule has 0 aliphatic carbocycles. The summed E-state index contributed by atoms with van der Waals surface area (Å²) in [7, 11) is 1.83. The van der Waals surface area contributed by atoms with E-state index < -0.39 is 0 Å². The zero-order valence-corrected chi connectivity index (χ0v) is 9.69. The lowest BCUT2D eigenvalue weighted by Crippen LogP contribution is -2.03. The fourth-order valence-electron chi connectivity index (χ4n) is 1.58. The smallest absolute Gasteiger partial charge is 0.196 e. The summed E-state index contributed by atoms with van der Waals surface area (Å²) in [6.07, 6.45) is 1.62. The summed E-state index contributed by atoms with van der Waals surface area (Å²) >= 11 is 0. The van der Waals surface area contributed by atoms with Gasteiger partial charge in [0.1, 0.15) is 0 Å². The van der Waals surface area contributed by atoms with Crippen molar-refractivity contribution in [3.63, 3.8) is 0 Å². The van der Waals surface area contributed by atoms with Crippen molar-refractivity contribution in [1.82, 2.24) is 9.78 Å². The number of carbonyl (C=O) groups excluding carboxylic acids is 1. The molecular formula is C13H14N2O. The van der Waals surface area contributed by atoms with Crippen LogP contribution >= 0.6 is 0 Å². The molecule has 2 aromatic rings. The molecule has 0 unspecified atom stereocenters. The summed E-state index contributed by atoms with van der Waals surface area (Å²) in [6, 6.07) is 7.59. The van der Waals surface area contributed by atoms with Gasteiger partial charge in [-0.1, -0.05) is 29.8 Å². The molecule has 0 aliphatic heterocycles. The van der Waals surface area contributed by atoms with Gasteiger partial charge in [-0.05, 0) is 13.8 Å². The van der Waals surface area contributed by atoms with Crippen LogP contribution in [0.2, 0.25) is 0 Å². The molecule has 1 aromatic carbocycles. The van der Waals surface area contributed by atoms with E-state index in [0.717, 1.165) is 11.3 Å². The molecule has 0 saturated carbocycles. The van der Waals surface area contributed by atoms with E-state index in [9.17, 15) is 4.79 Å². The highest BCUT2D eigenvalue weighted by molar-refractivity contribution is 6.09. The normalized spacial score (nSPS) is 10.4. The van der Waals surface area contributed by atoms with E-state index in [1.165, 1.54) is 0 Å². The summed E-state index contributed by atoms with van der Waals surface area (Å²) < 4.78 is 1.71. The first-order chi connectivity index (χ1) is 7.59. The Hall–Kier alpha value is -1.90. The minimum atomic E-state index is 0.0330. The van der Waals surface area contributed by atoms with E-state index in [-0.39, 0.29) is 5.78 Å². The van der Waals surface area contributed by atoms with Crippen LogP contribution in [0, 0.1) is 13.8 Å². The highest BCUT2D eigenvalue weighted by Gasteiger charge is 2.14. The second kappa shape index (κ2) is 3.93. The molecule has 0 fully saturated rings. The van der Waals surface area contributed by atoms with Gasteiger partial charge in [0.2, 0.25) is 0 Å². The molecule has 1 aromatic heterocycles. The number of aromatic nitrogens is 2. The van der Waals surface area contributed by atoms with Gasteiger partial charge < -0.3 is 0 Å². The van der Waals surface area contributed by atoms with Gasteiger partial charge in [-0.15, -0.1) is 0 Å². The highest BCUT2D eigenvalue weighted by Crippen LogP contribution is 2.13. The first-order valence-corrected chi connectivity index (χ1v) is 5.19.